The van der Waals surface area contributed by atoms with Crippen molar-refractivity contribution in [1.29, 1.82) is 0 Å². The zero-order chi connectivity index (χ0) is 17.4. The summed E-state index contributed by atoms with van der Waals surface area (Å²) in [5, 5.41) is 11.5. The minimum atomic E-state index is -0.824. The summed E-state index contributed by atoms with van der Waals surface area (Å²) in [6, 6.07) is 16.5. The van der Waals surface area contributed by atoms with E-state index in [0.29, 0.717) is 18.7 Å². The summed E-state index contributed by atoms with van der Waals surface area (Å²) in [4.78, 5) is 23.1. The minimum Gasteiger partial charge on any atom is -0.481 e. The van der Waals surface area contributed by atoms with Crippen LogP contribution in [0.2, 0.25) is 0 Å². The number of carbonyl (C=O) groups is 2. The van der Waals surface area contributed by atoms with Crippen molar-refractivity contribution >= 4 is 17.6 Å². The number of aryl methyl sites for hydroxylation is 1. The summed E-state index contributed by atoms with van der Waals surface area (Å²) < 4.78 is 5.57. The van der Waals surface area contributed by atoms with E-state index in [1.165, 1.54) is 0 Å². The fourth-order valence-electron chi connectivity index (χ4n) is 2.33. The maximum atomic E-state index is 12.5. The Morgan fingerprint density at radius 2 is 1.75 bits per heavy atom. The van der Waals surface area contributed by atoms with Crippen LogP contribution in [0.5, 0.6) is 0 Å². The number of carbonyl (C=O) groups excluding carboxylic acids is 1. The van der Waals surface area contributed by atoms with Crippen LogP contribution < -0.4 is 5.32 Å². The summed E-state index contributed by atoms with van der Waals surface area (Å²) in [7, 11) is 0. The van der Waals surface area contributed by atoms with Gasteiger partial charge in [0.05, 0.1) is 0 Å². The Bertz CT molecular complexity index is 668. The van der Waals surface area contributed by atoms with Crippen LogP contribution in [0, 0.1) is 0 Å². The number of amides is 1. The molecule has 0 aliphatic rings. The van der Waals surface area contributed by atoms with Gasteiger partial charge in [0.15, 0.2) is 6.10 Å². The highest BCUT2D eigenvalue weighted by molar-refractivity contribution is 5.94. The van der Waals surface area contributed by atoms with Gasteiger partial charge in [-0.15, -0.1) is 0 Å². The Labute approximate surface area is 141 Å². The molecule has 5 heteroatoms. The van der Waals surface area contributed by atoms with E-state index in [-0.39, 0.29) is 12.3 Å². The second-order valence-electron chi connectivity index (χ2n) is 5.33. The molecule has 1 atom stereocenters. The van der Waals surface area contributed by atoms with Gasteiger partial charge < -0.3 is 15.2 Å². The molecule has 24 heavy (non-hydrogen) atoms. The van der Waals surface area contributed by atoms with Crippen LogP contribution in [-0.2, 0) is 20.7 Å². The number of anilines is 1. The maximum absolute atomic E-state index is 12.5. The van der Waals surface area contributed by atoms with Gasteiger partial charge in [0.1, 0.15) is 0 Å². The Kier molecular flexibility index (Phi) is 6.51. The van der Waals surface area contributed by atoms with Crippen LogP contribution >= 0.6 is 0 Å². The Morgan fingerprint density at radius 3 is 2.33 bits per heavy atom. The minimum absolute atomic E-state index is 0.0894. The second-order valence-corrected chi connectivity index (χ2v) is 5.33. The van der Waals surface area contributed by atoms with Crippen molar-refractivity contribution in [3.63, 3.8) is 0 Å². The van der Waals surface area contributed by atoms with Crippen molar-refractivity contribution in [2.24, 2.45) is 0 Å². The van der Waals surface area contributed by atoms with Crippen molar-refractivity contribution in [3.8, 4) is 0 Å². The molecule has 0 aliphatic heterocycles. The maximum Gasteiger partial charge on any atom is 0.303 e. The van der Waals surface area contributed by atoms with E-state index in [0.717, 1.165) is 11.1 Å². The highest BCUT2D eigenvalue weighted by Crippen LogP contribution is 2.20. The monoisotopic (exact) mass is 327 g/mol. The fraction of sp³-hybridized carbons (Fsp3) is 0.263. The van der Waals surface area contributed by atoms with Crippen LogP contribution in [0.25, 0.3) is 0 Å². The molecule has 2 aromatic rings. The SMILES string of the molecule is CCOC(C(=O)Nc1ccc(CCC(=O)O)cc1)c1ccccc1. The van der Waals surface area contributed by atoms with Crippen molar-refractivity contribution in [1.82, 2.24) is 0 Å². The Hall–Kier alpha value is -2.66. The molecule has 0 aliphatic carbocycles. The second kappa shape index (κ2) is 8.84. The van der Waals surface area contributed by atoms with Crippen LogP contribution in [0.1, 0.15) is 30.6 Å². The van der Waals surface area contributed by atoms with Gasteiger partial charge in [-0.25, -0.2) is 0 Å². The average molecular weight is 327 g/mol. The van der Waals surface area contributed by atoms with Gasteiger partial charge in [0.25, 0.3) is 5.91 Å². The van der Waals surface area contributed by atoms with Crippen LogP contribution in [0.3, 0.4) is 0 Å². The summed E-state index contributed by atoms with van der Waals surface area (Å²) >= 11 is 0. The van der Waals surface area contributed by atoms with Gasteiger partial charge in [-0.1, -0.05) is 42.5 Å². The largest absolute Gasteiger partial charge is 0.481 e. The number of rotatable bonds is 8. The average Bonchev–Trinajstić information content (AvgIpc) is 2.59. The number of hydrogen-bond acceptors (Lipinski definition) is 3. The quantitative estimate of drug-likeness (QED) is 0.779. The lowest BCUT2D eigenvalue weighted by Crippen LogP contribution is -2.23. The third-order valence-corrected chi connectivity index (χ3v) is 3.52. The predicted octanol–water partition coefficient (Wildman–Crippen LogP) is 3.42. The Morgan fingerprint density at radius 1 is 1.08 bits per heavy atom. The molecule has 0 aromatic heterocycles. The zero-order valence-corrected chi connectivity index (χ0v) is 13.6. The fourth-order valence-corrected chi connectivity index (χ4v) is 2.33. The van der Waals surface area contributed by atoms with Gasteiger partial charge in [0, 0.05) is 18.7 Å². The summed E-state index contributed by atoms with van der Waals surface area (Å²) in [6.45, 7) is 2.28. The number of aliphatic carboxylic acids is 1. The predicted molar refractivity (Wildman–Crippen MR) is 91.8 cm³/mol. The number of carboxylic acid groups (broad SMARTS) is 1. The highest BCUT2D eigenvalue weighted by Gasteiger charge is 2.20. The molecule has 0 heterocycles. The van der Waals surface area contributed by atoms with Crippen LogP contribution in [0.15, 0.2) is 54.6 Å². The standard InChI is InChI=1S/C19H21NO4/c1-2-24-18(15-6-4-3-5-7-15)19(23)20-16-11-8-14(9-12-16)10-13-17(21)22/h3-9,11-12,18H,2,10,13H2,1H3,(H,20,23)(H,21,22). The topological polar surface area (TPSA) is 75.6 Å². The lowest BCUT2D eigenvalue weighted by atomic mass is 10.1. The van der Waals surface area contributed by atoms with Crippen molar-refractivity contribution < 1.29 is 19.4 Å². The number of ether oxygens (including phenoxy) is 1. The normalized spacial score (nSPS) is 11.7. The molecule has 126 valence electrons. The molecule has 0 saturated heterocycles. The molecule has 0 radical (unpaired) electrons. The van der Waals surface area contributed by atoms with E-state index in [1.54, 1.807) is 12.1 Å². The van der Waals surface area contributed by atoms with Crippen LogP contribution in [-0.4, -0.2) is 23.6 Å². The molecule has 1 amide bonds. The first-order valence-corrected chi connectivity index (χ1v) is 7.88. The lowest BCUT2D eigenvalue weighted by molar-refractivity contribution is -0.137. The van der Waals surface area contributed by atoms with Crippen molar-refractivity contribution in [2.75, 3.05) is 11.9 Å². The van der Waals surface area contributed by atoms with E-state index in [2.05, 4.69) is 5.32 Å². The van der Waals surface area contributed by atoms with E-state index in [4.69, 9.17) is 9.84 Å². The summed E-state index contributed by atoms with van der Waals surface area (Å²) in [6.07, 6.45) is -0.107. The third kappa shape index (κ3) is 5.21. The first-order valence-electron chi connectivity index (χ1n) is 7.88. The molecule has 0 fully saturated rings. The molecule has 0 saturated carbocycles. The number of hydrogen-bond donors (Lipinski definition) is 2. The lowest BCUT2D eigenvalue weighted by Gasteiger charge is -2.17. The highest BCUT2D eigenvalue weighted by atomic mass is 16.5. The smallest absolute Gasteiger partial charge is 0.303 e. The molecule has 2 N–H and O–H groups in total. The van der Waals surface area contributed by atoms with Gasteiger partial charge >= 0.3 is 5.97 Å². The molecule has 2 aromatic carbocycles. The molecule has 0 bridgehead atoms. The van der Waals surface area contributed by atoms with Gasteiger partial charge in [-0.3, -0.25) is 9.59 Å². The van der Waals surface area contributed by atoms with Gasteiger partial charge in [-0.05, 0) is 36.6 Å². The first kappa shape index (κ1) is 17.7. The number of nitrogens with one attached hydrogen (secondary N) is 1. The van der Waals surface area contributed by atoms with E-state index >= 15 is 0 Å². The van der Waals surface area contributed by atoms with Crippen LogP contribution in [0.4, 0.5) is 5.69 Å². The van der Waals surface area contributed by atoms with E-state index < -0.39 is 12.1 Å². The van der Waals surface area contributed by atoms with Gasteiger partial charge in [-0.2, -0.15) is 0 Å². The van der Waals surface area contributed by atoms with Gasteiger partial charge in [0.2, 0.25) is 0 Å². The van der Waals surface area contributed by atoms with E-state index in [1.807, 2.05) is 49.4 Å². The molecule has 0 spiro atoms. The van der Waals surface area contributed by atoms with Crippen molar-refractivity contribution in [3.05, 3.63) is 65.7 Å². The molecule has 5 nitrogen and oxygen atoms in total. The summed E-state index contributed by atoms with van der Waals surface area (Å²) in [5.74, 6) is -1.06. The summed E-state index contributed by atoms with van der Waals surface area (Å²) in [5.41, 5.74) is 2.37. The van der Waals surface area contributed by atoms with Crippen molar-refractivity contribution in [2.45, 2.75) is 25.9 Å². The number of benzene rings is 2. The molecular formula is C19H21NO4. The first-order chi connectivity index (χ1) is 11.6. The van der Waals surface area contributed by atoms with E-state index in [9.17, 15) is 9.59 Å². The molecular weight excluding hydrogens is 306 g/mol. The molecule has 2 rings (SSSR count). The zero-order valence-electron chi connectivity index (χ0n) is 13.6. The number of carboxylic acids is 1. The Balaban J connectivity index is 2.02. The third-order valence-electron chi connectivity index (χ3n) is 3.52. The molecule has 1 unspecified atom stereocenters.